The van der Waals surface area contributed by atoms with E-state index in [4.69, 9.17) is 4.74 Å². The Morgan fingerprint density at radius 2 is 2.00 bits per heavy atom. The number of alkyl halides is 3. The molecular weight excluding hydrogens is 267 g/mol. The molecule has 2 nitrogen and oxygen atoms in total. The van der Waals surface area contributed by atoms with Gasteiger partial charge in [0, 0.05) is 23.3 Å². The molecule has 0 saturated carbocycles. The average Bonchev–Trinajstić information content (AvgIpc) is 2.69. The van der Waals surface area contributed by atoms with Crippen molar-refractivity contribution in [3.8, 4) is 5.75 Å². The molecule has 1 saturated heterocycles. The van der Waals surface area contributed by atoms with Crippen LogP contribution in [0.15, 0.2) is 18.2 Å². The maximum Gasteiger partial charge on any atom is 0.391 e. The molecule has 2 rings (SSSR count). The van der Waals surface area contributed by atoms with Gasteiger partial charge in [0.1, 0.15) is 5.75 Å². The number of nitrogens with zero attached hydrogens (tertiary/aromatic N) is 1. The zero-order valence-corrected chi connectivity index (χ0v) is 12.0. The number of benzene rings is 1. The van der Waals surface area contributed by atoms with Crippen molar-refractivity contribution in [3.05, 3.63) is 23.8 Å². The molecule has 0 spiro atoms. The van der Waals surface area contributed by atoms with E-state index in [1.165, 1.54) is 0 Å². The van der Waals surface area contributed by atoms with Gasteiger partial charge in [0.05, 0.1) is 13.5 Å². The first-order chi connectivity index (χ1) is 9.33. The van der Waals surface area contributed by atoms with Crippen LogP contribution in [0, 0.1) is 6.92 Å². The zero-order valence-electron chi connectivity index (χ0n) is 12.0. The summed E-state index contributed by atoms with van der Waals surface area (Å²) in [6.07, 6.45) is -3.51. The standard InChI is InChI=1S/C15H20F3NO/c1-10-7-8-12(9-15(16,17)18)19(10)13-5-4-6-14(20-3)11(13)2/h4-6,10,12H,7-9H2,1-3H3/t10-,12+/m1/s1. The van der Waals surface area contributed by atoms with Gasteiger partial charge < -0.3 is 9.64 Å². The fraction of sp³-hybridized carbons (Fsp3) is 0.600. The lowest BCUT2D eigenvalue weighted by atomic mass is 10.1. The molecule has 0 N–H and O–H groups in total. The van der Waals surface area contributed by atoms with Gasteiger partial charge in [-0.05, 0) is 38.8 Å². The van der Waals surface area contributed by atoms with E-state index in [-0.39, 0.29) is 6.04 Å². The Kier molecular flexibility index (Phi) is 4.16. The number of methoxy groups -OCH3 is 1. The van der Waals surface area contributed by atoms with Gasteiger partial charge in [-0.2, -0.15) is 13.2 Å². The third-order valence-corrected chi connectivity index (χ3v) is 4.01. The number of hydrogen-bond acceptors (Lipinski definition) is 2. The fourth-order valence-electron chi connectivity index (χ4n) is 3.08. The first-order valence-corrected chi connectivity index (χ1v) is 6.82. The highest BCUT2D eigenvalue weighted by Gasteiger charge is 2.40. The minimum atomic E-state index is -4.13. The van der Waals surface area contributed by atoms with E-state index in [0.29, 0.717) is 12.2 Å². The Morgan fingerprint density at radius 1 is 1.30 bits per heavy atom. The van der Waals surface area contributed by atoms with Crippen LogP contribution in [0.2, 0.25) is 0 Å². The lowest BCUT2D eigenvalue weighted by molar-refractivity contribution is -0.137. The van der Waals surface area contributed by atoms with Crippen LogP contribution in [0.5, 0.6) is 5.75 Å². The number of hydrogen-bond donors (Lipinski definition) is 0. The smallest absolute Gasteiger partial charge is 0.391 e. The highest BCUT2D eigenvalue weighted by Crippen LogP contribution is 2.39. The lowest BCUT2D eigenvalue weighted by Gasteiger charge is -2.33. The summed E-state index contributed by atoms with van der Waals surface area (Å²) >= 11 is 0. The second-order valence-electron chi connectivity index (χ2n) is 5.41. The number of halogens is 3. The second-order valence-corrected chi connectivity index (χ2v) is 5.41. The van der Waals surface area contributed by atoms with Gasteiger partial charge >= 0.3 is 6.18 Å². The monoisotopic (exact) mass is 287 g/mol. The Morgan fingerprint density at radius 3 is 2.60 bits per heavy atom. The van der Waals surface area contributed by atoms with Crippen LogP contribution >= 0.6 is 0 Å². The average molecular weight is 287 g/mol. The van der Waals surface area contributed by atoms with Crippen LogP contribution < -0.4 is 9.64 Å². The SMILES string of the molecule is COc1cccc(N2[C@H](CC(F)(F)F)CC[C@H]2C)c1C. The Labute approximate surface area is 117 Å². The van der Waals surface area contributed by atoms with E-state index in [9.17, 15) is 13.2 Å². The van der Waals surface area contributed by atoms with Gasteiger partial charge in [-0.1, -0.05) is 6.07 Å². The van der Waals surface area contributed by atoms with Gasteiger partial charge in [-0.3, -0.25) is 0 Å². The molecule has 0 aromatic heterocycles. The normalized spacial score (nSPS) is 23.2. The summed E-state index contributed by atoms with van der Waals surface area (Å²) in [5.74, 6) is 0.715. The predicted octanol–water partition coefficient (Wildman–Crippen LogP) is 4.31. The Balaban J connectivity index is 2.33. The van der Waals surface area contributed by atoms with Gasteiger partial charge in [-0.25, -0.2) is 0 Å². The minimum absolute atomic E-state index is 0.119. The van der Waals surface area contributed by atoms with E-state index in [2.05, 4.69) is 0 Å². The molecule has 5 heteroatoms. The molecule has 0 aliphatic carbocycles. The van der Waals surface area contributed by atoms with Crippen molar-refractivity contribution in [2.75, 3.05) is 12.0 Å². The van der Waals surface area contributed by atoms with E-state index in [1.807, 2.05) is 36.9 Å². The lowest BCUT2D eigenvalue weighted by Crippen LogP contribution is -2.37. The molecular formula is C15H20F3NO. The van der Waals surface area contributed by atoms with Crippen molar-refractivity contribution in [2.24, 2.45) is 0 Å². The molecule has 2 atom stereocenters. The third kappa shape index (κ3) is 3.02. The molecule has 112 valence electrons. The van der Waals surface area contributed by atoms with Crippen molar-refractivity contribution in [1.29, 1.82) is 0 Å². The van der Waals surface area contributed by atoms with Gasteiger partial charge in [-0.15, -0.1) is 0 Å². The highest BCUT2D eigenvalue weighted by molar-refractivity contribution is 5.60. The van der Waals surface area contributed by atoms with Gasteiger partial charge in [0.15, 0.2) is 0 Å². The van der Waals surface area contributed by atoms with Crippen LogP contribution in [0.1, 0.15) is 31.7 Å². The fourth-order valence-corrected chi connectivity index (χ4v) is 3.08. The number of ether oxygens (including phenoxy) is 1. The molecule has 0 bridgehead atoms. The van der Waals surface area contributed by atoms with Crippen molar-refractivity contribution in [2.45, 2.75) is 51.4 Å². The molecule has 1 aliphatic heterocycles. The third-order valence-electron chi connectivity index (χ3n) is 4.01. The predicted molar refractivity (Wildman–Crippen MR) is 73.4 cm³/mol. The van der Waals surface area contributed by atoms with Crippen molar-refractivity contribution < 1.29 is 17.9 Å². The van der Waals surface area contributed by atoms with Gasteiger partial charge in [0.25, 0.3) is 0 Å². The quantitative estimate of drug-likeness (QED) is 0.821. The van der Waals surface area contributed by atoms with Crippen LogP contribution in [0.4, 0.5) is 18.9 Å². The number of rotatable bonds is 3. The molecule has 20 heavy (non-hydrogen) atoms. The maximum absolute atomic E-state index is 12.7. The van der Waals surface area contributed by atoms with E-state index < -0.39 is 18.6 Å². The summed E-state index contributed by atoms with van der Waals surface area (Å²) in [7, 11) is 1.58. The first-order valence-electron chi connectivity index (χ1n) is 6.82. The Hall–Kier alpha value is -1.39. The van der Waals surface area contributed by atoms with E-state index >= 15 is 0 Å². The van der Waals surface area contributed by atoms with Crippen LogP contribution in [0.3, 0.4) is 0 Å². The Bertz CT molecular complexity index is 473. The van der Waals surface area contributed by atoms with Crippen LogP contribution in [-0.2, 0) is 0 Å². The van der Waals surface area contributed by atoms with E-state index in [1.54, 1.807) is 7.11 Å². The van der Waals surface area contributed by atoms with Crippen molar-refractivity contribution in [3.63, 3.8) is 0 Å². The van der Waals surface area contributed by atoms with Crippen molar-refractivity contribution in [1.82, 2.24) is 0 Å². The largest absolute Gasteiger partial charge is 0.496 e. The van der Waals surface area contributed by atoms with E-state index in [0.717, 1.165) is 17.7 Å². The van der Waals surface area contributed by atoms with Crippen LogP contribution in [-0.4, -0.2) is 25.4 Å². The molecule has 1 heterocycles. The molecule has 0 amide bonds. The van der Waals surface area contributed by atoms with Crippen molar-refractivity contribution >= 4 is 5.69 Å². The highest BCUT2D eigenvalue weighted by atomic mass is 19.4. The summed E-state index contributed by atoms with van der Waals surface area (Å²) < 4.78 is 43.4. The summed E-state index contributed by atoms with van der Waals surface area (Å²) in [5.41, 5.74) is 1.75. The molecule has 1 aromatic carbocycles. The molecule has 1 aliphatic rings. The summed E-state index contributed by atoms with van der Waals surface area (Å²) in [5, 5.41) is 0. The first kappa shape index (κ1) is 15.0. The second kappa shape index (κ2) is 5.54. The van der Waals surface area contributed by atoms with Crippen LogP contribution in [0.25, 0.3) is 0 Å². The molecule has 0 radical (unpaired) electrons. The topological polar surface area (TPSA) is 12.5 Å². The van der Waals surface area contributed by atoms with Gasteiger partial charge in [0.2, 0.25) is 0 Å². The molecule has 1 fully saturated rings. The molecule has 1 aromatic rings. The zero-order chi connectivity index (χ0) is 14.9. The maximum atomic E-state index is 12.7. The summed E-state index contributed by atoms with van der Waals surface area (Å²) in [6, 6.07) is 5.18. The minimum Gasteiger partial charge on any atom is -0.496 e. The molecule has 0 unspecified atom stereocenters. The summed E-state index contributed by atoms with van der Waals surface area (Å²) in [4.78, 5) is 1.91. The number of anilines is 1. The summed E-state index contributed by atoms with van der Waals surface area (Å²) in [6.45, 7) is 3.87.